The number of likely N-dealkylation sites (tertiary alicyclic amines) is 1. The Hall–Kier alpha value is -0.610. The predicted molar refractivity (Wildman–Crippen MR) is 73.2 cm³/mol. The van der Waals surface area contributed by atoms with Crippen molar-refractivity contribution in [2.24, 2.45) is 11.7 Å². The number of carbonyl (C=O) groups excluding carboxylic acids is 1. The number of rotatable bonds is 3. The second kappa shape index (κ2) is 6.53. The third-order valence-electron chi connectivity index (χ3n) is 4.11. The van der Waals surface area contributed by atoms with Gasteiger partial charge in [-0.25, -0.2) is 0 Å². The highest BCUT2D eigenvalue weighted by Gasteiger charge is 2.24. The van der Waals surface area contributed by atoms with Gasteiger partial charge in [-0.3, -0.25) is 9.69 Å². The number of nitrogens with one attached hydrogen (secondary N) is 1. The second-order valence-electron chi connectivity index (χ2n) is 6.20. The Labute approximate surface area is 110 Å². The molecular weight excluding hydrogens is 226 g/mol. The van der Waals surface area contributed by atoms with E-state index in [4.69, 9.17) is 5.73 Å². The van der Waals surface area contributed by atoms with Gasteiger partial charge in [0, 0.05) is 25.2 Å². The fourth-order valence-electron chi connectivity index (χ4n) is 3.37. The number of carbonyl (C=O) groups is 1. The number of nitrogens with two attached hydrogens (primary N) is 1. The van der Waals surface area contributed by atoms with Crippen LogP contribution in [0.15, 0.2) is 0 Å². The molecule has 4 nitrogen and oxygen atoms in total. The third kappa shape index (κ3) is 4.25. The van der Waals surface area contributed by atoms with Gasteiger partial charge < -0.3 is 11.1 Å². The summed E-state index contributed by atoms with van der Waals surface area (Å²) in [5.74, 6) is 0.791. The summed E-state index contributed by atoms with van der Waals surface area (Å²) >= 11 is 0. The first kappa shape index (κ1) is 13.8. The highest BCUT2D eigenvalue weighted by molar-refractivity contribution is 5.78. The average molecular weight is 253 g/mol. The van der Waals surface area contributed by atoms with Crippen LogP contribution in [0, 0.1) is 5.92 Å². The average Bonchev–Trinajstić information content (AvgIpc) is 2.28. The monoisotopic (exact) mass is 253 g/mol. The van der Waals surface area contributed by atoms with Crippen molar-refractivity contribution in [1.82, 2.24) is 10.2 Å². The summed E-state index contributed by atoms with van der Waals surface area (Å²) < 4.78 is 0. The van der Waals surface area contributed by atoms with E-state index in [1.807, 2.05) is 0 Å². The molecule has 0 bridgehead atoms. The lowest BCUT2D eigenvalue weighted by molar-refractivity contribution is -0.123. The normalized spacial score (nSPS) is 31.2. The Morgan fingerprint density at radius 3 is 2.67 bits per heavy atom. The van der Waals surface area contributed by atoms with Gasteiger partial charge in [-0.05, 0) is 25.2 Å². The molecule has 1 heterocycles. The summed E-state index contributed by atoms with van der Waals surface area (Å²) in [5.41, 5.74) is 6.00. The maximum Gasteiger partial charge on any atom is 0.234 e. The lowest BCUT2D eigenvalue weighted by atomic mass is 9.95. The van der Waals surface area contributed by atoms with E-state index in [2.05, 4.69) is 17.1 Å². The van der Waals surface area contributed by atoms with Crippen molar-refractivity contribution >= 4 is 5.91 Å². The van der Waals surface area contributed by atoms with Gasteiger partial charge in [0.25, 0.3) is 0 Å². The minimum absolute atomic E-state index is 0.184. The van der Waals surface area contributed by atoms with Crippen molar-refractivity contribution in [2.75, 3.05) is 19.6 Å². The molecule has 0 aromatic carbocycles. The van der Waals surface area contributed by atoms with Crippen molar-refractivity contribution in [3.63, 3.8) is 0 Å². The molecule has 104 valence electrons. The Morgan fingerprint density at radius 1 is 1.28 bits per heavy atom. The van der Waals surface area contributed by atoms with Gasteiger partial charge in [-0.15, -0.1) is 0 Å². The van der Waals surface area contributed by atoms with Crippen molar-refractivity contribution in [2.45, 2.75) is 57.5 Å². The molecule has 0 aromatic heterocycles. The van der Waals surface area contributed by atoms with Crippen LogP contribution in [0.2, 0.25) is 0 Å². The molecule has 2 aliphatic rings. The molecule has 3 N–H and O–H groups in total. The molecule has 2 rings (SSSR count). The van der Waals surface area contributed by atoms with Gasteiger partial charge in [0.1, 0.15) is 0 Å². The maximum atomic E-state index is 12.0. The van der Waals surface area contributed by atoms with Crippen LogP contribution in [0.4, 0.5) is 0 Å². The van der Waals surface area contributed by atoms with Crippen LogP contribution in [0.3, 0.4) is 0 Å². The van der Waals surface area contributed by atoms with Crippen molar-refractivity contribution in [1.29, 1.82) is 0 Å². The molecule has 0 radical (unpaired) electrons. The van der Waals surface area contributed by atoms with E-state index in [1.165, 1.54) is 19.3 Å². The highest BCUT2D eigenvalue weighted by Crippen LogP contribution is 2.18. The zero-order chi connectivity index (χ0) is 13.0. The summed E-state index contributed by atoms with van der Waals surface area (Å²) in [6.07, 6.45) is 7.24. The molecule has 1 saturated carbocycles. The number of nitrogens with zero attached hydrogens (tertiary/aromatic N) is 1. The lowest BCUT2D eigenvalue weighted by Gasteiger charge is -2.34. The van der Waals surface area contributed by atoms with Crippen molar-refractivity contribution in [3.05, 3.63) is 0 Å². The largest absolute Gasteiger partial charge is 0.352 e. The smallest absolute Gasteiger partial charge is 0.234 e. The molecule has 0 aromatic rings. The molecule has 4 heteroatoms. The Kier molecular flexibility index (Phi) is 5.01. The van der Waals surface area contributed by atoms with E-state index in [0.29, 0.717) is 18.5 Å². The first-order chi connectivity index (χ1) is 8.63. The predicted octanol–water partition coefficient (Wildman–Crippen LogP) is 1.10. The molecule has 2 atom stereocenters. The van der Waals surface area contributed by atoms with E-state index in [-0.39, 0.29) is 11.9 Å². The lowest BCUT2D eigenvalue weighted by Crippen LogP contribution is -2.50. The third-order valence-corrected chi connectivity index (χ3v) is 4.11. The zero-order valence-corrected chi connectivity index (χ0v) is 11.5. The van der Waals surface area contributed by atoms with Gasteiger partial charge >= 0.3 is 0 Å². The molecule has 1 saturated heterocycles. The Morgan fingerprint density at radius 2 is 2.00 bits per heavy atom. The van der Waals surface area contributed by atoms with Gasteiger partial charge in [0.15, 0.2) is 0 Å². The molecule has 1 aliphatic heterocycles. The first-order valence-electron chi connectivity index (χ1n) is 7.41. The summed E-state index contributed by atoms with van der Waals surface area (Å²) in [7, 11) is 0. The van der Waals surface area contributed by atoms with E-state index in [1.54, 1.807) is 0 Å². The van der Waals surface area contributed by atoms with Crippen LogP contribution in [-0.4, -0.2) is 42.5 Å². The van der Waals surface area contributed by atoms with Crippen LogP contribution in [-0.2, 0) is 4.79 Å². The molecule has 2 unspecified atom stereocenters. The molecule has 1 aliphatic carbocycles. The molecule has 18 heavy (non-hydrogen) atoms. The van der Waals surface area contributed by atoms with Crippen LogP contribution in [0.25, 0.3) is 0 Å². The molecule has 1 amide bonds. The number of hydrogen-bond donors (Lipinski definition) is 2. The summed E-state index contributed by atoms with van der Waals surface area (Å²) in [5, 5.41) is 3.17. The van der Waals surface area contributed by atoms with Crippen LogP contribution >= 0.6 is 0 Å². The first-order valence-corrected chi connectivity index (χ1v) is 7.41. The highest BCUT2D eigenvalue weighted by atomic mass is 16.2. The molecule has 0 spiro atoms. The SMILES string of the molecule is CC1CC(N)CN(CC(=O)NC2CCCCC2)C1. The van der Waals surface area contributed by atoms with Crippen LogP contribution in [0.5, 0.6) is 0 Å². The van der Waals surface area contributed by atoms with Gasteiger partial charge in [0.05, 0.1) is 6.54 Å². The summed E-state index contributed by atoms with van der Waals surface area (Å²) in [4.78, 5) is 14.2. The summed E-state index contributed by atoms with van der Waals surface area (Å²) in [6.45, 7) is 4.60. The van der Waals surface area contributed by atoms with Crippen LogP contribution in [0.1, 0.15) is 45.4 Å². The fourth-order valence-corrected chi connectivity index (χ4v) is 3.37. The summed E-state index contributed by atoms with van der Waals surface area (Å²) in [6, 6.07) is 0.651. The maximum absolute atomic E-state index is 12.0. The van der Waals surface area contributed by atoms with E-state index in [9.17, 15) is 4.79 Å². The number of piperidine rings is 1. The quantitative estimate of drug-likeness (QED) is 0.792. The van der Waals surface area contributed by atoms with Crippen molar-refractivity contribution < 1.29 is 4.79 Å². The van der Waals surface area contributed by atoms with Crippen molar-refractivity contribution in [3.8, 4) is 0 Å². The Bertz CT molecular complexity index is 266. The topological polar surface area (TPSA) is 58.4 Å². The van der Waals surface area contributed by atoms with E-state index >= 15 is 0 Å². The van der Waals surface area contributed by atoms with Gasteiger partial charge in [-0.1, -0.05) is 26.2 Å². The number of hydrogen-bond acceptors (Lipinski definition) is 3. The van der Waals surface area contributed by atoms with E-state index < -0.39 is 0 Å². The zero-order valence-electron chi connectivity index (χ0n) is 11.5. The Balaban J connectivity index is 1.72. The number of amides is 1. The minimum atomic E-state index is 0.184. The van der Waals surface area contributed by atoms with Crippen LogP contribution < -0.4 is 11.1 Å². The fraction of sp³-hybridized carbons (Fsp3) is 0.929. The van der Waals surface area contributed by atoms with Gasteiger partial charge in [-0.2, -0.15) is 0 Å². The minimum Gasteiger partial charge on any atom is -0.352 e. The molecule has 2 fully saturated rings. The van der Waals surface area contributed by atoms with E-state index in [0.717, 1.165) is 32.4 Å². The van der Waals surface area contributed by atoms with Gasteiger partial charge in [0.2, 0.25) is 5.91 Å². The second-order valence-corrected chi connectivity index (χ2v) is 6.20. The standard InChI is InChI=1S/C14H27N3O/c1-11-7-12(15)9-17(8-11)10-14(18)16-13-5-3-2-4-6-13/h11-13H,2-10,15H2,1H3,(H,16,18). The molecular formula is C14H27N3O.